The van der Waals surface area contributed by atoms with Crippen LogP contribution in [0, 0.1) is 12.7 Å². The van der Waals surface area contributed by atoms with E-state index in [0.717, 1.165) is 17.7 Å². The highest BCUT2D eigenvalue weighted by Gasteiger charge is 2.28. The molecule has 0 aliphatic heterocycles. The summed E-state index contributed by atoms with van der Waals surface area (Å²) < 4.78 is 25.3. The molecular weight excluding hydrogens is 405 g/mol. The minimum atomic E-state index is -1.07. The average molecular weight is 431 g/mol. The fourth-order valence-electron chi connectivity index (χ4n) is 2.94. The molecule has 0 aliphatic carbocycles. The Kier molecular flexibility index (Phi) is 9.02. The van der Waals surface area contributed by atoms with Crippen LogP contribution in [0.3, 0.4) is 0 Å². The van der Waals surface area contributed by atoms with Gasteiger partial charge in [0.2, 0.25) is 0 Å². The number of nitrogens with one attached hydrogen (secondary N) is 1. The molecule has 2 atom stereocenters. The lowest BCUT2D eigenvalue weighted by molar-refractivity contribution is -0.131. The highest BCUT2D eigenvalue weighted by atomic mass is 19.1. The van der Waals surface area contributed by atoms with Crippen molar-refractivity contribution in [2.75, 3.05) is 11.9 Å². The second-order valence-electron chi connectivity index (χ2n) is 6.84. The number of hydrogen-bond donors (Lipinski definition) is 3. The van der Waals surface area contributed by atoms with Gasteiger partial charge in [0.25, 0.3) is 0 Å². The number of hydrogen-bond acceptors (Lipinski definition) is 5. The Morgan fingerprint density at radius 3 is 2.52 bits per heavy atom. The number of anilines is 1. The summed E-state index contributed by atoms with van der Waals surface area (Å²) in [5, 5.41) is 20.9. The standard InChI is InChI=1S/C23H26FNO6/c1-3-30-20(6-4-5-7-21(27)28)22(16-10-13-19(26)18(24)14-16)31-23(29)25-17-11-8-15(2)9-12-17/h5,7-14,20,22,26H,3-4,6H2,1-2H3,(H,25,29)(H,27,28)/b7-5+/t20-,22-/m0/s1. The Balaban J connectivity index is 2.24. The summed E-state index contributed by atoms with van der Waals surface area (Å²) in [4.78, 5) is 23.2. The molecule has 0 saturated carbocycles. The van der Waals surface area contributed by atoms with E-state index >= 15 is 0 Å². The maximum atomic E-state index is 14.0. The van der Waals surface area contributed by atoms with Crippen LogP contribution in [0.15, 0.2) is 54.6 Å². The van der Waals surface area contributed by atoms with Gasteiger partial charge in [0.05, 0.1) is 6.10 Å². The summed E-state index contributed by atoms with van der Waals surface area (Å²) in [6.45, 7) is 3.98. The van der Waals surface area contributed by atoms with Gasteiger partial charge in [0, 0.05) is 18.4 Å². The number of benzene rings is 2. The molecule has 7 nitrogen and oxygen atoms in total. The van der Waals surface area contributed by atoms with Gasteiger partial charge in [-0.15, -0.1) is 0 Å². The van der Waals surface area contributed by atoms with Crippen LogP contribution in [0.4, 0.5) is 14.9 Å². The van der Waals surface area contributed by atoms with E-state index in [9.17, 15) is 19.1 Å². The van der Waals surface area contributed by atoms with Crippen LogP contribution < -0.4 is 5.32 Å². The van der Waals surface area contributed by atoms with Gasteiger partial charge in [-0.2, -0.15) is 0 Å². The number of halogens is 1. The van der Waals surface area contributed by atoms with Crippen LogP contribution >= 0.6 is 0 Å². The molecule has 0 spiro atoms. The SMILES string of the molecule is CCO[C@@H](CC/C=C/C(=O)O)[C@@H](OC(=O)Nc1ccc(C)cc1)c1ccc(O)c(F)c1. The van der Waals surface area contributed by atoms with Crippen molar-refractivity contribution in [2.24, 2.45) is 0 Å². The number of carbonyl (C=O) groups is 2. The van der Waals surface area contributed by atoms with Crippen molar-refractivity contribution in [1.29, 1.82) is 0 Å². The summed E-state index contributed by atoms with van der Waals surface area (Å²) in [6, 6.07) is 10.8. The van der Waals surface area contributed by atoms with Crippen molar-refractivity contribution in [3.8, 4) is 5.75 Å². The number of phenols is 1. The number of carbonyl (C=O) groups excluding carboxylic acids is 1. The summed E-state index contributed by atoms with van der Waals surface area (Å²) in [5.74, 6) is -2.45. The van der Waals surface area contributed by atoms with E-state index in [2.05, 4.69) is 5.32 Å². The van der Waals surface area contributed by atoms with E-state index in [1.165, 1.54) is 18.2 Å². The normalized spacial score (nSPS) is 13.0. The second-order valence-corrected chi connectivity index (χ2v) is 6.84. The van der Waals surface area contributed by atoms with E-state index in [4.69, 9.17) is 14.6 Å². The second kappa shape index (κ2) is 11.7. The lowest BCUT2D eigenvalue weighted by atomic mass is 9.99. The highest BCUT2D eigenvalue weighted by Crippen LogP contribution is 2.30. The van der Waals surface area contributed by atoms with Gasteiger partial charge in [-0.25, -0.2) is 14.0 Å². The topological polar surface area (TPSA) is 105 Å². The fraction of sp³-hybridized carbons (Fsp3) is 0.304. The third kappa shape index (κ3) is 7.75. The number of rotatable bonds is 10. The first-order valence-electron chi connectivity index (χ1n) is 9.84. The van der Waals surface area contributed by atoms with Crippen molar-refractivity contribution in [3.05, 3.63) is 71.6 Å². The lowest BCUT2D eigenvalue weighted by Gasteiger charge is -2.27. The number of aryl methyl sites for hydroxylation is 1. The first-order chi connectivity index (χ1) is 14.8. The number of allylic oxidation sites excluding steroid dienone is 1. The Morgan fingerprint density at radius 2 is 1.90 bits per heavy atom. The van der Waals surface area contributed by atoms with E-state index in [1.54, 1.807) is 19.1 Å². The molecule has 31 heavy (non-hydrogen) atoms. The molecule has 0 fully saturated rings. The molecule has 0 saturated heterocycles. The number of ether oxygens (including phenoxy) is 2. The molecular formula is C23H26FNO6. The fourth-order valence-corrected chi connectivity index (χ4v) is 2.94. The zero-order valence-corrected chi connectivity index (χ0v) is 17.4. The average Bonchev–Trinajstić information content (AvgIpc) is 2.72. The molecule has 1 amide bonds. The van der Waals surface area contributed by atoms with Gasteiger partial charge in [-0.3, -0.25) is 5.32 Å². The van der Waals surface area contributed by atoms with Gasteiger partial charge >= 0.3 is 12.1 Å². The number of carboxylic acids is 1. The van der Waals surface area contributed by atoms with E-state index in [1.807, 2.05) is 19.1 Å². The number of amides is 1. The van der Waals surface area contributed by atoms with Crippen LogP contribution in [0.2, 0.25) is 0 Å². The van der Waals surface area contributed by atoms with Crippen LogP contribution in [-0.2, 0) is 14.3 Å². The Bertz CT molecular complexity index is 913. The monoisotopic (exact) mass is 431 g/mol. The molecule has 8 heteroatoms. The molecule has 0 bridgehead atoms. The summed E-state index contributed by atoms with van der Waals surface area (Å²) in [7, 11) is 0. The van der Waals surface area contributed by atoms with E-state index in [0.29, 0.717) is 30.7 Å². The van der Waals surface area contributed by atoms with Gasteiger partial charge in [-0.05, 0) is 56.5 Å². The molecule has 0 aromatic heterocycles. The first-order valence-corrected chi connectivity index (χ1v) is 9.84. The van der Waals surface area contributed by atoms with Crippen LogP contribution in [-0.4, -0.2) is 35.0 Å². The quantitative estimate of drug-likeness (QED) is 0.460. The zero-order valence-electron chi connectivity index (χ0n) is 17.4. The molecule has 0 unspecified atom stereocenters. The third-order valence-corrected chi connectivity index (χ3v) is 4.43. The molecule has 166 valence electrons. The zero-order chi connectivity index (χ0) is 22.8. The molecule has 2 aromatic rings. The van der Waals surface area contributed by atoms with Crippen molar-refractivity contribution in [1.82, 2.24) is 0 Å². The molecule has 0 radical (unpaired) electrons. The van der Waals surface area contributed by atoms with Crippen LogP contribution in [0.25, 0.3) is 0 Å². The van der Waals surface area contributed by atoms with E-state index in [-0.39, 0.29) is 0 Å². The minimum Gasteiger partial charge on any atom is -0.505 e. The number of aromatic hydroxyl groups is 1. The largest absolute Gasteiger partial charge is 0.505 e. The van der Waals surface area contributed by atoms with Gasteiger partial charge in [0.15, 0.2) is 17.7 Å². The van der Waals surface area contributed by atoms with Crippen LogP contribution in [0.5, 0.6) is 5.75 Å². The first kappa shape index (κ1) is 23.9. The third-order valence-electron chi connectivity index (χ3n) is 4.43. The number of carboxylic acid groups (broad SMARTS) is 1. The van der Waals surface area contributed by atoms with Crippen LogP contribution in [0.1, 0.15) is 37.0 Å². The molecule has 2 aromatic carbocycles. The Morgan fingerprint density at radius 1 is 1.19 bits per heavy atom. The van der Waals surface area contributed by atoms with Crippen molar-refractivity contribution in [2.45, 2.75) is 38.9 Å². The molecule has 0 heterocycles. The van der Waals surface area contributed by atoms with Gasteiger partial charge in [0.1, 0.15) is 0 Å². The Labute approximate surface area is 180 Å². The predicted octanol–water partition coefficient (Wildman–Crippen LogP) is 4.96. The maximum Gasteiger partial charge on any atom is 0.412 e. The number of phenolic OH excluding ortho intramolecular Hbond substituents is 1. The molecule has 3 N–H and O–H groups in total. The highest BCUT2D eigenvalue weighted by molar-refractivity contribution is 5.84. The minimum absolute atomic E-state index is 0.299. The summed E-state index contributed by atoms with van der Waals surface area (Å²) in [5.41, 5.74) is 1.86. The van der Waals surface area contributed by atoms with Crippen molar-refractivity contribution >= 4 is 17.7 Å². The Hall–Kier alpha value is -3.39. The van der Waals surface area contributed by atoms with Gasteiger partial charge in [-0.1, -0.05) is 29.8 Å². The summed E-state index contributed by atoms with van der Waals surface area (Å²) >= 11 is 0. The number of aliphatic carboxylic acids is 1. The van der Waals surface area contributed by atoms with Crippen molar-refractivity contribution < 1.29 is 33.7 Å². The van der Waals surface area contributed by atoms with Crippen molar-refractivity contribution in [3.63, 3.8) is 0 Å². The maximum absolute atomic E-state index is 14.0. The molecule has 0 aliphatic rings. The lowest BCUT2D eigenvalue weighted by Crippen LogP contribution is -2.29. The smallest absolute Gasteiger partial charge is 0.412 e. The molecule has 2 rings (SSSR count). The van der Waals surface area contributed by atoms with Gasteiger partial charge < -0.3 is 19.7 Å². The summed E-state index contributed by atoms with van der Waals surface area (Å²) in [6.07, 6.45) is 0.737. The van der Waals surface area contributed by atoms with E-state index < -0.39 is 35.8 Å². The predicted molar refractivity (Wildman–Crippen MR) is 114 cm³/mol.